The number of hydrogen-bond acceptors (Lipinski definition) is 2. The van der Waals surface area contributed by atoms with Gasteiger partial charge >= 0.3 is 0 Å². The van der Waals surface area contributed by atoms with Crippen LogP contribution >= 0.6 is 43.2 Å². The van der Waals surface area contributed by atoms with Crippen LogP contribution in [0.15, 0.2) is 40.2 Å². The third-order valence-electron chi connectivity index (χ3n) is 2.87. The number of benzene rings is 1. The predicted octanol–water partition coefficient (Wildman–Crippen LogP) is 5.08. The first-order valence-electron chi connectivity index (χ1n) is 5.78. The normalized spacial score (nSPS) is 10.6. The smallest absolute Gasteiger partial charge is 0.0405 e. The van der Waals surface area contributed by atoms with Gasteiger partial charge < -0.3 is 4.90 Å². The van der Waals surface area contributed by atoms with Crippen LogP contribution in [0.2, 0.25) is 0 Å². The van der Waals surface area contributed by atoms with Crippen LogP contribution in [0.1, 0.15) is 10.4 Å². The topological polar surface area (TPSA) is 3.24 Å². The molecule has 1 heterocycles. The number of halogens is 2. The Bertz CT molecular complexity index is 497. The molecular formula is C14H15Br2NS. The highest BCUT2D eigenvalue weighted by Gasteiger charge is 2.07. The lowest BCUT2D eigenvalue weighted by Crippen LogP contribution is -2.21. The van der Waals surface area contributed by atoms with E-state index in [-0.39, 0.29) is 0 Å². The zero-order valence-electron chi connectivity index (χ0n) is 10.2. The Morgan fingerprint density at radius 2 is 2.11 bits per heavy atom. The number of alkyl halides is 1. The van der Waals surface area contributed by atoms with Crippen molar-refractivity contribution in [3.05, 3.63) is 50.6 Å². The van der Waals surface area contributed by atoms with E-state index in [0.717, 1.165) is 22.8 Å². The first-order valence-corrected chi connectivity index (χ1v) is 8.58. The van der Waals surface area contributed by atoms with E-state index in [1.807, 2.05) is 11.3 Å². The van der Waals surface area contributed by atoms with Crippen molar-refractivity contribution in [3.63, 3.8) is 0 Å². The lowest BCUT2D eigenvalue weighted by atomic mass is 10.2. The van der Waals surface area contributed by atoms with Crippen molar-refractivity contribution in [1.82, 2.24) is 0 Å². The quantitative estimate of drug-likeness (QED) is 0.645. The maximum absolute atomic E-state index is 3.56. The molecular weight excluding hydrogens is 374 g/mol. The SMILES string of the molecule is CN(CCc1cccs1)c1ccc(Br)cc1CBr. The summed E-state index contributed by atoms with van der Waals surface area (Å²) >= 11 is 8.90. The number of nitrogens with zero attached hydrogens (tertiary/aromatic N) is 1. The van der Waals surface area contributed by atoms with E-state index >= 15 is 0 Å². The molecule has 2 aromatic rings. The maximum atomic E-state index is 3.56. The number of anilines is 1. The molecule has 0 N–H and O–H groups in total. The van der Waals surface area contributed by atoms with Crippen molar-refractivity contribution < 1.29 is 0 Å². The highest BCUT2D eigenvalue weighted by Crippen LogP contribution is 2.26. The zero-order valence-corrected chi connectivity index (χ0v) is 14.2. The fourth-order valence-electron chi connectivity index (χ4n) is 1.89. The van der Waals surface area contributed by atoms with Gasteiger partial charge in [-0.05, 0) is 41.6 Å². The third-order valence-corrected chi connectivity index (χ3v) is 4.90. The summed E-state index contributed by atoms with van der Waals surface area (Å²) in [7, 11) is 2.16. The van der Waals surface area contributed by atoms with Gasteiger partial charge in [-0.15, -0.1) is 11.3 Å². The minimum Gasteiger partial charge on any atom is -0.374 e. The van der Waals surface area contributed by atoms with Crippen molar-refractivity contribution in [1.29, 1.82) is 0 Å². The number of likely N-dealkylation sites (N-methyl/N-ethyl adjacent to an activating group) is 1. The summed E-state index contributed by atoms with van der Waals surface area (Å²) in [5, 5.41) is 3.02. The van der Waals surface area contributed by atoms with E-state index in [0.29, 0.717) is 0 Å². The number of rotatable bonds is 5. The van der Waals surface area contributed by atoms with E-state index in [9.17, 15) is 0 Å². The van der Waals surface area contributed by atoms with Gasteiger partial charge in [0, 0.05) is 34.0 Å². The molecule has 0 bridgehead atoms. The average Bonchev–Trinajstić information content (AvgIpc) is 2.88. The molecule has 1 nitrogen and oxygen atoms in total. The van der Waals surface area contributed by atoms with Gasteiger partial charge in [0.15, 0.2) is 0 Å². The van der Waals surface area contributed by atoms with Crippen LogP contribution in [0, 0.1) is 0 Å². The Hall–Kier alpha value is -0.320. The van der Waals surface area contributed by atoms with Gasteiger partial charge in [0.1, 0.15) is 0 Å². The molecule has 0 fully saturated rings. The summed E-state index contributed by atoms with van der Waals surface area (Å²) in [5.41, 5.74) is 2.62. The first kappa shape index (κ1) is 14.1. The molecule has 1 aromatic heterocycles. The number of thiophene rings is 1. The van der Waals surface area contributed by atoms with E-state index in [2.05, 4.69) is 79.5 Å². The summed E-state index contributed by atoms with van der Waals surface area (Å²) < 4.78 is 1.13. The minimum absolute atomic E-state index is 0.880. The van der Waals surface area contributed by atoms with Crippen LogP contribution in [0.5, 0.6) is 0 Å². The van der Waals surface area contributed by atoms with Crippen LogP contribution in [0.4, 0.5) is 5.69 Å². The highest BCUT2D eigenvalue weighted by molar-refractivity contribution is 9.10. The van der Waals surface area contributed by atoms with Gasteiger partial charge in [-0.2, -0.15) is 0 Å². The summed E-state index contributed by atoms with van der Waals surface area (Å²) in [6.07, 6.45) is 1.10. The fourth-order valence-corrected chi connectivity index (χ4v) is 3.44. The molecule has 0 saturated heterocycles. The lowest BCUT2D eigenvalue weighted by molar-refractivity contribution is 0.883. The largest absolute Gasteiger partial charge is 0.374 e. The van der Waals surface area contributed by atoms with Gasteiger partial charge in [0.05, 0.1) is 0 Å². The molecule has 0 aliphatic carbocycles. The number of hydrogen-bond donors (Lipinski definition) is 0. The van der Waals surface area contributed by atoms with Gasteiger partial charge in [0.2, 0.25) is 0 Å². The van der Waals surface area contributed by atoms with Crippen LogP contribution in [-0.4, -0.2) is 13.6 Å². The zero-order chi connectivity index (χ0) is 13.0. The van der Waals surface area contributed by atoms with Crippen molar-refractivity contribution >= 4 is 48.9 Å². The molecule has 96 valence electrons. The standard InChI is InChI=1S/C14H15Br2NS/c1-17(7-6-13-3-2-8-18-13)14-5-4-12(16)9-11(14)10-15/h2-5,8-9H,6-7,10H2,1H3. The second kappa shape index (κ2) is 6.73. The van der Waals surface area contributed by atoms with Crippen LogP contribution in [0.3, 0.4) is 0 Å². The molecule has 2 rings (SSSR count). The summed E-state index contributed by atoms with van der Waals surface area (Å²) in [4.78, 5) is 3.77. The molecule has 0 aliphatic rings. The van der Waals surface area contributed by atoms with E-state index in [4.69, 9.17) is 0 Å². The van der Waals surface area contributed by atoms with E-state index in [1.54, 1.807) is 0 Å². The summed E-state index contributed by atoms with van der Waals surface area (Å²) in [5.74, 6) is 0. The van der Waals surface area contributed by atoms with Crippen LogP contribution in [0.25, 0.3) is 0 Å². The van der Waals surface area contributed by atoms with Gasteiger partial charge in [-0.3, -0.25) is 0 Å². The Kier molecular flexibility index (Phi) is 5.27. The van der Waals surface area contributed by atoms with Gasteiger partial charge in [-0.25, -0.2) is 0 Å². The van der Waals surface area contributed by atoms with Crippen molar-refractivity contribution in [2.24, 2.45) is 0 Å². The predicted molar refractivity (Wildman–Crippen MR) is 88.1 cm³/mol. The third kappa shape index (κ3) is 3.59. The van der Waals surface area contributed by atoms with E-state index in [1.165, 1.54) is 16.1 Å². The molecule has 0 radical (unpaired) electrons. The maximum Gasteiger partial charge on any atom is 0.0405 e. The lowest BCUT2D eigenvalue weighted by Gasteiger charge is -2.22. The molecule has 0 unspecified atom stereocenters. The summed E-state index contributed by atoms with van der Waals surface area (Å²) in [6, 6.07) is 10.8. The Morgan fingerprint density at radius 3 is 2.78 bits per heavy atom. The average molecular weight is 389 g/mol. The van der Waals surface area contributed by atoms with E-state index < -0.39 is 0 Å². The van der Waals surface area contributed by atoms with Gasteiger partial charge in [-0.1, -0.05) is 37.9 Å². The second-order valence-electron chi connectivity index (χ2n) is 4.16. The molecule has 18 heavy (non-hydrogen) atoms. The highest BCUT2D eigenvalue weighted by atomic mass is 79.9. The first-order chi connectivity index (χ1) is 8.70. The van der Waals surface area contributed by atoms with Crippen molar-refractivity contribution in [2.75, 3.05) is 18.5 Å². The second-order valence-corrected chi connectivity index (χ2v) is 6.67. The van der Waals surface area contributed by atoms with Crippen molar-refractivity contribution in [2.45, 2.75) is 11.8 Å². The van der Waals surface area contributed by atoms with Crippen LogP contribution < -0.4 is 4.90 Å². The molecule has 0 amide bonds. The molecule has 0 spiro atoms. The Balaban J connectivity index is 2.06. The monoisotopic (exact) mass is 387 g/mol. The molecule has 0 saturated carbocycles. The Labute approximate surface area is 129 Å². The molecule has 0 atom stereocenters. The molecule has 4 heteroatoms. The Morgan fingerprint density at radius 1 is 1.28 bits per heavy atom. The molecule has 0 aliphatic heterocycles. The van der Waals surface area contributed by atoms with Gasteiger partial charge in [0.25, 0.3) is 0 Å². The van der Waals surface area contributed by atoms with Crippen molar-refractivity contribution in [3.8, 4) is 0 Å². The summed E-state index contributed by atoms with van der Waals surface area (Å²) in [6.45, 7) is 1.04. The fraction of sp³-hybridized carbons (Fsp3) is 0.286. The van der Waals surface area contributed by atoms with Crippen LogP contribution in [-0.2, 0) is 11.8 Å². The minimum atomic E-state index is 0.880. The molecule has 1 aromatic carbocycles.